The van der Waals surface area contributed by atoms with Gasteiger partial charge in [0.25, 0.3) is 0 Å². The van der Waals surface area contributed by atoms with E-state index in [1.165, 1.54) is 12.1 Å². The Hall–Kier alpha value is -2.60. The van der Waals surface area contributed by atoms with Crippen molar-refractivity contribution in [1.29, 1.82) is 0 Å². The van der Waals surface area contributed by atoms with E-state index in [-0.39, 0.29) is 18.3 Å². The molecule has 0 aliphatic heterocycles. The second kappa shape index (κ2) is 8.48. The number of para-hydroxylation sites is 1. The van der Waals surface area contributed by atoms with E-state index < -0.39 is 6.04 Å². The van der Waals surface area contributed by atoms with E-state index in [9.17, 15) is 9.18 Å². The maximum Gasteiger partial charge on any atom is 0.242 e. The molecule has 0 heterocycles. The summed E-state index contributed by atoms with van der Waals surface area (Å²) in [6, 6.07) is 10.9. The Balaban J connectivity index is 2.18. The molecule has 6 heteroatoms. The summed E-state index contributed by atoms with van der Waals surface area (Å²) in [6.45, 7) is 0.277. The van der Waals surface area contributed by atoms with Crippen LogP contribution >= 0.6 is 0 Å². The van der Waals surface area contributed by atoms with Crippen LogP contribution in [0.15, 0.2) is 42.5 Å². The Labute approximate surface area is 147 Å². The number of hydrogen-bond donors (Lipinski definition) is 1. The highest BCUT2D eigenvalue weighted by atomic mass is 19.1. The number of halogens is 1. The van der Waals surface area contributed by atoms with Crippen LogP contribution in [0.4, 0.5) is 4.39 Å². The molecule has 2 aromatic rings. The first-order valence-corrected chi connectivity index (χ1v) is 7.87. The second-order valence-corrected chi connectivity index (χ2v) is 5.79. The topological polar surface area (TPSA) is 50.8 Å². The molecule has 0 aliphatic rings. The second-order valence-electron chi connectivity index (χ2n) is 5.79. The van der Waals surface area contributed by atoms with Crippen molar-refractivity contribution in [2.24, 2.45) is 0 Å². The van der Waals surface area contributed by atoms with Gasteiger partial charge in [0.1, 0.15) is 11.9 Å². The van der Waals surface area contributed by atoms with Crippen LogP contribution in [0.2, 0.25) is 0 Å². The first-order valence-electron chi connectivity index (χ1n) is 7.87. The molecule has 0 aliphatic carbocycles. The molecule has 0 bridgehead atoms. The third-order valence-corrected chi connectivity index (χ3v) is 3.87. The number of hydrogen-bond acceptors (Lipinski definition) is 4. The van der Waals surface area contributed by atoms with Crippen LogP contribution in [0.3, 0.4) is 0 Å². The molecule has 25 heavy (non-hydrogen) atoms. The Morgan fingerprint density at radius 3 is 2.48 bits per heavy atom. The molecular formula is C19H23FN2O3. The van der Waals surface area contributed by atoms with Crippen molar-refractivity contribution in [3.8, 4) is 11.5 Å². The molecule has 1 amide bonds. The number of amides is 1. The molecule has 1 N–H and O–H groups in total. The Bertz CT molecular complexity index is 734. The number of likely N-dealkylation sites (N-methyl/N-ethyl adjacent to an activating group) is 1. The van der Waals surface area contributed by atoms with Crippen LogP contribution in [0, 0.1) is 5.82 Å². The van der Waals surface area contributed by atoms with Gasteiger partial charge in [0.05, 0.1) is 14.2 Å². The predicted octanol–water partition coefficient (Wildman–Crippen LogP) is 2.76. The van der Waals surface area contributed by atoms with Crippen LogP contribution in [-0.4, -0.2) is 39.1 Å². The minimum absolute atomic E-state index is 0.222. The third-order valence-electron chi connectivity index (χ3n) is 3.87. The molecule has 2 rings (SSSR count). The van der Waals surface area contributed by atoms with Gasteiger partial charge in [-0.3, -0.25) is 9.69 Å². The molecule has 134 valence electrons. The van der Waals surface area contributed by atoms with Crippen molar-refractivity contribution < 1.29 is 18.7 Å². The molecule has 0 aromatic heterocycles. The molecule has 2 aromatic carbocycles. The summed E-state index contributed by atoms with van der Waals surface area (Å²) in [5.74, 6) is 0.591. The van der Waals surface area contributed by atoms with Crippen LogP contribution in [-0.2, 0) is 11.3 Å². The highest BCUT2D eigenvalue weighted by Crippen LogP contribution is 2.30. The van der Waals surface area contributed by atoms with Gasteiger partial charge in [-0.1, -0.05) is 24.3 Å². The maximum absolute atomic E-state index is 13.5. The summed E-state index contributed by atoms with van der Waals surface area (Å²) in [6.07, 6.45) is 0. The maximum atomic E-state index is 13.5. The van der Waals surface area contributed by atoms with Crippen LogP contribution in [0.1, 0.15) is 17.2 Å². The van der Waals surface area contributed by atoms with Crippen LogP contribution in [0.5, 0.6) is 11.5 Å². The fraction of sp³-hybridized carbons (Fsp3) is 0.316. The van der Waals surface area contributed by atoms with Gasteiger partial charge in [0.15, 0.2) is 11.5 Å². The zero-order valence-electron chi connectivity index (χ0n) is 14.9. The van der Waals surface area contributed by atoms with Gasteiger partial charge >= 0.3 is 0 Å². The molecule has 0 spiro atoms. The molecule has 0 radical (unpaired) electrons. The van der Waals surface area contributed by atoms with Crippen molar-refractivity contribution in [3.05, 3.63) is 59.4 Å². The summed E-state index contributed by atoms with van der Waals surface area (Å²) in [5, 5.41) is 2.89. The van der Waals surface area contributed by atoms with Crippen LogP contribution in [0.25, 0.3) is 0 Å². The van der Waals surface area contributed by atoms with Gasteiger partial charge in [0, 0.05) is 12.1 Å². The lowest BCUT2D eigenvalue weighted by molar-refractivity contribution is -0.125. The van der Waals surface area contributed by atoms with Gasteiger partial charge in [-0.2, -0.15) is 0 Å². The van der Waals surface area contributed by atoms with E-state index in [0.29, 0.717) is 17.1 Å². The zero-order valence-corrected chi connectivity index (χ0v) is 14.9. The van der Waals surface area contributed by atoms with Crippen LogP contribution < -0.4 is 14.8 Å². The lowest BCUT2D eigenvalue weighted by Gasteiger charge is -2.24. The van der Waals surface area contributed by atoms with E-state index in [0.717, 1.165) is 5.56 Å². The van der Waals surface area contributed by atoms with E-state index in [1.54, 1.807) is 51.4 Å². The molecule has 0 saturated carbocycles. The van der Waals surface area contributed by atoms with Crippen molar-refractivity contribution in [2.45, 2.75) is 12.6 Å². The normalized spacial score (nSPS) is 11.9. The predicted molar refractivity (Wildman–Crippen MR) is 94.2 cm³/mol. The minimum atomic E-state index is -0.590. The molecule has 1 atom stereocenters. The first kappa shape index (κ1) is 18.7. The van der Waals surface area contributed by atoms with Gasteiger partial charge in [-0.15, -0.1) is 0 Å². The average Bonchev–Trinajstić information content (AvgIpc) is 2.59. The SMILES string of the molecule is COc1cccc(CNC(=O)C(c2cccc(F)c2)N(C)C)c1OC. The van der Waals surface area contributed by atoms with Crippen molar-refractivity contribution >= 4 is 5.91 Å². The number of nitrogens with zero attached hydrogens (tertiary/aromatic N) is 1. The smallest absolute Gasteiger partial charge is 0.242 e. The fourth-order valence-electron chi connectivity index (χ4n) is 2.73. The molecule has 5 nitrogen and oxygen atoms in total. The Morgan fingerprint density at radius 1 is 1.16 bits per heavy atom. The zero-order chi connectivity index (χ0) is 18.4. The van der Waals surface area contributed by atoms with E-state index >= 15 is 0 Å². The molecule has 1 unspecified atom stereocenters. The fourth-order valence-corrected chi connectivity index (χ4v) is 2.73. The average molecular weight is 346 g/mol. The minimum Gasteiger partial charge on any atom is -0.493 e. The monoisotopic (exact) mass is 346 g/mol. The summed E-state index contributed by atoms with van der Waals surface area (Å²) < 4.78 is 24.1. The summed E-state index contributed by atoms with van der Waals surface area (Å²) in [4.78, 5) is 14.4. The largest absolute Gasteiger partial charge is 0.493 e. The number of rotatable bonds is 7. The van der Waals surface area contributed by atoms with Crippen molar-refractivity contribution in [2.75, 3.05) is 28.3 Å². The van der Waals surface area contributed by atoms with Gasteiger partial charge < -0.3 is 14.8 Å². The quantitative estimate of drug-likeness (QED) is 0.838. The number of ether oxygens (including phenoxy) is 2. The van der Waals surface area contributed by atoms with E-state index in [2.05, 4.69) is 5.32 Å². The van der Waals surface area contributed by atoms with Gasteiger partial charge in [-0.25, -0.2) is 4.39 Å². The number of nitrogens with one attached hydrogen (secondary N) is 1. The van der Waals surface area contributed by atoms with Crippen molar-refractivity contribution in [3.63, 3.8) is 0 Å². The number of carbonyl (C=O) groups excluding carboxylic acids is 1. The highest BCUT2D eigenvalue weighted by Gasteiger charge is 2.23. The lowest BCUT2D eigenvalue weighted by atomic mass is 10.0. The van der Waals surface area contributed by atoms with Gasteiger partial charge in [-0.05, 0) is 37.9 Å². The Morgan fingerprint density at radius 2 is 1.88 bits per heavy atom. The first-order chi connectivity index (χ1) is 12.0. The lowest BCUT2D eigenvalue weighted by Crippen LogP contribution is -2.36. The highest BCUT2D eigenvalue weighted by molar-refractivity contribution is 5.83. The van der Waals surface area contributed by atoms with Crippen molar-refractivity contribution in [1.82, 2.24) is 10.2 Å². The molecule has 0 saturated heterocycles. The summed E-state index contributed by atoms with van der Waals surface area (Å²) in [7, 11) is 6.67. The van der Waals surface area contributed by atoms with E-state index in [4.69, 9.17) is 9.47 Å². The molecule has 0 fully saturated rings. The third kappa shape index (κ3) is 4.48. The van der Waals surface area contributed by atoms with Gasteiger partial charge in [0.2, 0.25) is 5.91 Å². The summed E-state index contributed by atoms with van der Waals surface area (Å²) in [5.41, 5.74) is 1.40. The number of carbonyl (C=O) groups is 1. The standard InChI is InChI=1S/C19H23FN2O3/c1-22(2)17(13-7-5-9-15(20)11-13)19(23)21-12-14-8-6-10-16(24-3)18(14)25-4/h5-11,17H,12H2,1-4H3,(H,21,23). The number of methoxy groups -OCH3 is 2. The summed E-state index contributed by atoms with van der Waals surface area (Å²) >= 11 is 0. The molecular weight excluding hydrogens is 323 g/mol. The number of benzene rings is 2. The van der Waals surface area contributed by atoms with E-state index in [1.807, 2.05) is 12.1 Å². The Kier molecular flexibility index (Phi) is 6.36.